The van der Waals surface area contributed by atoms with Gasteiger partial charge in [-0.1, -0.05) is 18.2 Å². The Morgan fingerprint density at radius 3 is 2.79 bits per heavy atom. The number of aliphatic imine (C=N–C) groups is 1. The average molecular weight is 398 g/mol. The van der Waals surface area contributed by atoms with Crippen molar-refractivity contribution in [3.63, 3.8) is 0 Å². The number of nitrogens with one attached hydrogen (secondary N) is 3. The summed E-state index contributed by atoms with van der Waals surface area (Å²) in [5.74, 6) is 1.04. The molecule has 1 aromatic carbocycles. The molecule has 0 spiro atoms. The van der Waals surface area contributed by atoms with Crippen LogP contribution in [0.5, 0.6) is 0 Å². The van der Waals surface area contributed by atoms with Gasteiger partial charge in [-0.05, 0) is 44.9 Å². The summed E-state index contributed by atoms with van der Waals surface area (Å²) in [6.07, 6.45) is 3.38. The molecule has 1 atom stereocenters. The second-order valence-electron chi connectivity index (χ2n) is 7.21. The third kappa shape index (κ3) is 6.01. The van der Waals surface area contributed by atoms with Crippen LogP contribution in [-0.2, 0) is 0 Å². The summed E-state index contributed by atoms with van der Waals surface area (Å²) in [6.45, 7) is 7.95. The highest BCUT2D eigenvalue weighted by Gasteiger charge is 2.23. The highest BCUT2D eigenvalue weighted by molar-refractivity contribution is 5.92. The molecule has 2 aromatic rings. The maximum absolute atomic E-state index is 12.0. The van der Waals surface area contributed by atoms with Gasteiger partial charge in [0.15, 0.2) is 11.7 Å². The Kier molecular flexibility index (Phi) is 7.55. The summed E-state index contributed by atoms with van der Waals surface area (Å²) in [7, 11) is 0. The molecule has 7 heteroatoms. The maximum atomic E-state index is 12.0. The Hall–Kier alpha value is -2.96. The summed E-state index contributed by atoms with van der Waals surface area (Å²) in [5, 5.41) is 9.73. The summed E-state index contributed by atoms with van der Waals surface area (Å²) < 4.78 is 5.20. The van der Waals surface area contributed by atoms with E-state index in [0.29, 0.717) is 24.9 Å². The Morgan fingerprint density at radius 2 is 2.07 bits per heavy atom. The summed E-state index contributed by atoms with van der Waals surface area (Å²) in [6, 6.07) is 12.7. The Bertz CT molecular complexity index is 803. The van der Waals surface area contributed by atoms with Crippen molar-refractivity contribution in [1.82, 2.24) is 16.0 Å². The number of carbonyl (C=O) groups excluding carboxylic acids is 1. The zero-order valence-corrected chi connectivity index (χ0v) is 17.3. The molecule has 0 bridgehead atoms. The van der Waals surface area contributed by atoms with E-state index in [9.17, 15) is 4.79 Å². The van der Waals surface area contributed by atoms with E-state index < -0.39 is 0 Å². The maximum Gasteiger partial charge on any atom is 0.287 e. The summed E-state index contributed by atoms with van der Waals surface area (Å²) >= 11 is 0. The van der Waals surface area contributed by atoms with Crippen LogP contribution in [0.4, 0.5) is 5.69 Å². The number of amides is 1. The van der Waals surface area contributed by atoms with Gasteiger partial charge in [0, 0.05) is 50.0 Å². The van der Waals surface area contributed by atoms with Crippen molar-refractivity contribution in [2.75, 3.05) is 37.6 Å². The van der Waals surface area contributed by atoms with Crippen molar-refractivity contribution in [2.45, 2.75) is 32.7 Å². The molecule has 3 N–H and O–H groups in total. The van der Waals surface area contributed by atoms with Crippen LogP contribution in [0.2, 0.25) is 0 Å². The predicted molar refractivity (Wildman–Crippen MR) is 117 cm³/mol. The molecular weight excluding hydrogens is 366 g/mol. The van der Waals surface area contributed by atoms with E-state index in [1.165, 1.54) is 12.0 Å². The van der Waals surface area contributed by atoms with Gasteiger partial charge in [-0.2, -0.15) is 0 Å². The topological polar surface area (TPSA) is 81.9 Å². The molecule has 0 aliphatic carbocycles. The third-order valence-corrected chi connectivity index (χ3v) is 4.95. The zero-order chi connectivity index (χ0) is 20.5. The van der Waals surface area contributed by atoms with Crippen LogP contribution >= 0.6 is 0 Å². The number of para-hydroxylation sites is 1. The molecule has 1 unspecified atom stereocenters. The molecule has 1 aliphatic rings. The first-order chi connectivity index (χ1) is 14.2. The minimum atomic E-state index is -0.173. The lowest BCUT2D eigenvalue weighted by molar-refractivity contribution is 0.0925. The van der Waals surface area contributed by atoms with E-state index in [4.69, 9.17) is 4.42 Å². The molecular formula is C22H31N5O2. The number of hydrogen-bond acceptors (Lipinski definition) is 4. The molecule has 1 aromatic heterocycles. The molecule has 0 saturated carbocycles. The van der Waals surface area contributed by atoms with Gasteiger partial charge >= 0.3 is 0 Å². The van der Waals surface area contributed by atoms with E-state index in [-0.39, 0.29) is 5.91 Å². The van der Waals surface area contributed by atoms with Crippen molar-refractivity contribution >= 4 is 17.6 Å². The number of hydrogen-bond donors (Lipinski definition) is 3. The monoisotopic (exact) mass is 397 g/mol. The van der Waals surface area contributed by atoms with E-state index in [0.717, 1.165) is 44.0 Å². The molecule has 3 rings (SSSR count). The largest absolute Gasteiger partial charge is 0.459 e. The van der Waals surface area contributed by atoms with Gasteiger partial charge in [0.05, 0.1) is 6.26 Å². The number of benzene rings is 1. The van der Waals surface area contributed by atoms with Crippen molar-refractivity contribution in [3.8, 4) is 0 Å². The Labute approximate surface area is 172 Å². The molecule has 1 aliphatic heterocycles. The second-order valence-corrected chi connectivity index (χ2v) is 7.21. The van der Waals surface area contributed by atoms with Gasteiger partial charge in [0.1, 0.15) is 0 Å². The Morgan fingerprint density at radius 1 is 1.24 bits per heavy atom. The molecule has 1 fully saturated rings. The van der Waals surface area contributed by atoms with Gasteiger partial charge in [-0.15, -0.1) is 0 Å². The minimum absolute atomic E-state index is 0.173. The summed E-state index contributed by atoms with van der Waals surface area (Å²) in [4.78, 5) is 19.1. The quantitative estimate of drug-likeness (QED) is 0.362. The normalized spacial score (nSPS) is 16.7. The second kappa shape index (κ2) is 10.5. The van der Waals surface area contributed by atoms with E-state index in [1.54, 1.807) is 6.07 Å². The fraction of sp³-hybridized carbons (Fsp3) is 0.455. The van der Waals surface area contributed by atoms with Crippen LogP contribution in [0.1, 0.15) is 35.9 Å². The molecule has 1 amide bonds. The van der Waals surface area contributed by atoms with Crippen LogP contribution in [0.3, 0.4) is 0 Å². The van der Waals surface area contributed by atoms with Crippen molar-refractivity contribution in [3.05, 3.63) is 54.0 Å². The van der Waals surface area contributed by atoms with E-state index >= 15 is 0 Å². The lowest BCUT2D eigenvalue weighted by Gasteiger charge is -2.20. The minimum Gasteiger partial charge on any atom is -0.459 e. The van der Waals surface area contributed by atoms with E-state index in [2.05, 4.69) is 57.0 Å². The fourth-order valence-corrected chi connectivity index (χ4v) is 3.42. The van der Waals surface area contributed by atoms with Gasteiger partial charge < -0.3 is 25.3 Å². The first-order valence-electron chi connectivity index (χ1n) is 10.3. The number of carbonyl (C=O) groups is 1. The third-order valence-electron chi connectivity index (χ3n) is 4.95. The highest BCUT2D eigenvalue weighted by atomic mass is 16.3. The van der Waals surface area contributed by atoms with Crippen LogP contribution in [-0.4, -0.2) is 50.6 Å². The molecule has 29 heavy (non-hydrogen) atoms. The lowest BCUT2D eigenvalue weighted by Crippen LogP contribution is -2.44. The number of aryl methyl sites for hydroxylation is 1. The first kappa shape index (κ1) is 20.8. The van der Waals surface area contributed by atoms with Gasteiger partial charge in [0.25, 0.3) is 5.91 Å². The smallest absolute Gasteiger partial charge is 0.287 e. The van der Waals surface area contributed by atoms with Crippen LogP contribution in [0.15, 0.2) is 52.1 Å². The number of rotatable bonds is 8. The predicted octanol–water partition coefficient (Wildman–Crippen LogP) is 2.54. The van der Waals surface area contributed by atoms with Crippen molar-refractivity contribution in [1.29, 1.82) is 0 Å². The number of guanidine groups is 1. The number of furan rings is 1. The molecule has 7 nitrogen and oxygen atoms in total. The molecule has 2 heterocycles. The van der Waals surface area contributed by atoms with Crippen molar-refractivity contribution in [2.24, 2.45) is 4.99 Å². The standard InChI is InChI=1S/C22H31N5O2/c1-3-23-22(25-13-7-12-24-21(28)20-17(2)11-15-29-20)26-18-10-14-27(16-18)19-8-5-4-6-9-19/h4-6,8-9,11,15,18H,3,7,10,12-14,16H2,1-2H3,(H,24,28)(H2,23,25,26). The van der Waals surface area contributed by atoms with Crippen LogP contribution in [0.25, 0.3) is 0 Å². The lowest BCUT2D eigenvalue weighted by atomic mass is 10.2. The highest BCUT2D eigenvalue weighted by Crippen LogP contribution is 2.19. The van der Waals surface area contributed by atoms with Gasteiger partial charge in [-0.25, -0.2) is 0 Å². The summed E-state index contributed by atoms with van der Waals surface area (Å²) in [5.41, 5.74) is 2.11. The van der Waals surface area contributed by atoms with Gasteiger partial charge in [-0.3, -0.25) is 9.79 Å². The molecule has 0 radical (unpaired) electrons. The van der Waals surface area contributed by atoms with Crippen molar-refractivity contribution < 1.29 is 9.21 Å². The number of anilines is 1. The first-order valence-corrected chi connectivity index (χ1v) is 10.3. The fourth-order valence-electron chi connectivity index (χ4n) is 3.42. The van der Waals surface area contributed by atoms with Gasteiger partial charge in [0.2, 0.25) is 0 Å². The zero-order valence-electron chi connectivity index (χ0n) is 17.3. The van der Waals surface area contributed by atoms with Crippen LogP contribution in [0, 0.1) is 6.92 Å². The SMILES string of the molecule is CCNC(=NCCCNC(=O)c1occc1C)NC1CCN(c2ccccc2)C1. The Balaban J connectivity index is 1.41. The average Bonchev–Trinajstić information content (AvgIpc) is 3.37. The molecule has 156 valence electrons. The number of nitrogens with zero attached hydrogens (tertiary/aromatic N) is 2. The van der Waals surface area contributed by atoms with E-state index in [1.807, 2.05) is 13.0 Å². The molecule has 1 saturated heterocycles. The van der Waals surface area contributed by atoms with Crippen LogP contribution < -0.4 is 20.9 Å².